The van der Waals surface area contributed by atoms with Crippen LogP contribution in [0, 0.1) is 0 Å². The summed E-state index contributed by atoms with van der Waals surface area (Å²) in [7, 11) is 1.37. The zero-order chi connectivity index (χ0) is 13.8. The van der Waals surface area contributed by atoms with E-state index in [0.717, 1.165) is 12.8 Å². The molecule has 0 aromatic heterocycles. The van der Waals surface area contributed by atoms with Crippen LogP contribution < -0.4 is 11.1 Å². The molecule has 18 heavy (non-hydrogen) atoms. The molecule has 1 aromatic carbocycles. The van der Waals surface area contributed by atoms with E-state index in [1.54, 1.807) is 18.2 Å². The molecule has 0 aliphatic carbocycles. The quantitative estimate of drug-likeness (QED) is 0.622. The van der Waals surface area contributed by atoms with Gasteiger partial charge in [-0.2, -0.15) is 0 Å². The Kier molecular flexibility index (Phi) is 4.59. The van der Waals surface area contributed by atoms with Crippen molar-refractivity contribution in [3.8, 4) is 0 Å². The van der Waals surface area contributed by atoms with E-state index in [-0.39, 0.29) is 11.5 Å². The van der Waals surface area contributed by atoms with Gasteiger partial charge in [-0.05, 0) is 32.4 Å². The Labute approximate surface area is 109 Å². The lowest BCUT2D eigenvalue weighted by atomic mass is 9.97. The van der Waals surface area contributed by atoms with Gasteiger partial charge in [-0.3, -0.25) is 0 Å². The third kappa shape index (κ3) is 3.39. The van der Waals surface area contributed by atoms with Gasteiger partial charge in [-0.25, -0.2) is 4.79 Å². The van der Waals surface area contributed by atoms with Crippen molar-refractivity contribution in [2.45, 2.75) is 39.2 Å². The second kappa shape index (κ2) is 5.76. The van der Waals surface area contributed by atoms with Crippen molar-refractivity contribution in [2.24, 2.45) is 0 Å². The minimum Gasteiger partial charge on any atom is -0.465 e. The van der Waals surface area contributed by atoms with Crippen LogP contribution in [0.1, 0.15) is 44.0 Å². The first-order chi connectivity index (χ1) is 8.41. The van der Waals surface area contributed by atoms with Crippen LogP contribution in [0.5, 0.6) is 0 Å². The van der Waals surface area contributed by atoms with Crippen molar-refractivity contribution in [2.75, 3.05) is 18.2 Å². The van der Waals surface area contributed by atoms with E-state index in [0.29, 0.717) is 16.9 Å². The summed E-state index contributed by atoms with van der Waals surface area (Å²) < 4.78 is 4.77. The number of ether oxygens (including phenoxy) is 1. The molecule has 0 heterocycles. The Bertz CT molecular complexity index is 428. The predicted octanol–water partition coefficient (Wildman–Crippen LogP) is 3.05. The highest BCUT2D eigenvalue weighted by molar-refractivity contribution is 5.98. The fourth-order valence-electron chi connectivity index (χ4n) is 2.02. The van der Waals surface area contributed by atoms with E-state index >= 15 is 0 Å². The van der Waals surface area contributed by atoms with Gasteiger partial charge in [0, 0.05) is 5.54 Å². The largest absolute Gasteiger partial charge is 0.465 e. The Hall–Kier alpha value is -1.71. The van der Waals surface area contributed by atoms with E-state index in [1.165, 1.54) is 7.11 Å². The van der Waals surface area contributed by atoms with Crippen LogP contribution in [0.4, 0.5) is 11.4 Å². The molecule has 0 saturated carbocycles. The average molecular weight is 250 g/mol. The molecule has 3 N–H and O–H groups in total. The van der Waals surface area contributed by atoms with Gasteiger partial charge in [0.15, 0.2) is 0 Å². The summed E-state index contributed by atoms with van der Waals surface area (Å²) in [6.07, 6.45) is 2.04. The van der Waals surface area contributed by atoms with Crippen molar-refractivity contribution >= 4 is 17.3 Å². The molecule has 0 atom stereocenters. The highest BCUT2D eigenvalue weighted by atomic mass is 16.5. The van der Waals surface area contributed by atoms with Gasteiger partial charge in [-0.15, -0.1) is 0 Å². The van der Waals surface area contributed by atoms with Crippen LogP contribution in [0.2, 0.25) is 0 Å². The normalized spacial score (nSPS) is 11.1. The van der Waals surface area contributed by atoms with E-state index in [4.69, 9.17) is 10.5 Å². The molecule has 0 saturated heterocycles. The standard InChI is InChI=1S/C14H22N2O2/c1-5-9-14(2,3)16-12-10(13(17)18-4)7-6-8-11(12)15/h6-8,16H,5,9,15H2,1-4H3. The molecule has 0 aliphatic heterocycles. The number of hydrogen-bond acceptors (Lipinski definition) is 4. The van der Waals surface area contributed by atoms with Crippen molar-refractivity contribution in [3.63, 3.8) is 0 Å². The molecule has 4 nitrogen and oxygen atoms in total. The Morgan fingerprint density at radius 1 is 1.44 bits per heavy atom. The number of nitrogens with two attached hydrogens (primary N) is 1. The van der Waals surface area contributed by atoms with Crippen molar-refractivity contribution < 1.29 is 9.53 Å². The van der Waals surface area contributed by atoms with Crippen LogP contribution in [-0.4, -0.2) is 18.6 Å². The van der Waals surface area contributed by atoms with Crippen molar-refractivity contribution in [3.05, 3.63) is 23.8 Å². The molecule has 0 spiro atoms. The van der Waals surface area contributed by atoms with Gasteiger partial charge >= 0.3 is 5.97 Å². The van der Waals surface area contributed by atoms with Gasteiger partial charge in [0.1, 0.15) is 0 Å². The summed E-state index contributed by atoms with van der Waals surface area (Å²) in [5.41, 5.74) is 7.52. The highest BCUT2D eigenvalue weighted by Crippen LogP contribution is 2.29. The first kappa shape index (κ1) is 14.4. The first-order valence-electron chi connectivity index (χ1n) is 6.16. The van der Waals surface area contributed by atoms with Crippen LogP contribution in [0.3, 0.4) is 0 Å². The summed E-state index contributed by atoms with van der Waals surface area (Å²) in [6.45, 7) is 6.30. The SMILES string of the molecule is CCCC(C)(C)Nc1c(N)cccc1C(=O)OC. The fraction of sp³-hybridized carbons (Fsp3) is 0.500. The number of carbonyl (C=O) groups is 1. The maximum atomic E-state index is 11.7. The Morgan fingerprint density at radius 3 is 2.67 bits per heavy atom. The minimum atomic E-state index is -0.378. The molecule has 100 valence electrons. The van der Waals surface area contributed by atoms with Crippen LogP contribution in [-0.2, 0) is 4.74 Å². The van der Waals surface area contributed by atoms with E-state index in [1.807, 2.05) is 0 Å². The molecule has 1 rings (SSSR count). The van der Waals surface area contributed by atoms with Crippen LogP contribution >= 0.6 is 0 Å². The fourth-order valence-corrected chi connectivity index (χ4v) is 2.02. The molecular formula is C14H22N2O2. The molecule has 4 heteroatoms. The maximum absolute atomic E-state index is 11.7. The molecule has 0 amide bonds. The predicted molar refractivity (Wildman–Crippen MR) is 74.8 cm³/mol. The molecule has 0 unspecified atom stereocenters. The summed E-state index contributed by atoms with van der Waals surface area (Å²) >= 11 is 0. The second-order valence-corrected chi connectivity index (χ2v) is 5.02. The molecular weight excluding hydrogens is 228 g/mol. The van der Waals surface area contributed by atoms with Gasteiger partial charge in [0.25, 0.3) is 0 Å². The topological polar surface area (TPSA) is 64.3 Å². The monoisotopic (exact) mass is 250 g/mol. The number of nitrogens with one attached hydrogen (secondary N) is 1. The third-order valence-corrected chi connectivity index (χ3v) is 2.84. The van der Waals surface area contributed by atoms with Gasteiger partial charge in [0.05, 0.1) is 24.0 Å². The molecule has 0 bridgehead atoms. The van der Waals surface area contributed by atoms with Crippen molar-refractivity contribution in [1.29, 1.82) is 0 Å². The zero-order valence-electron chi connectivity index (χ0n) is 11.5. The number of carbonyl (C=O) groups excluding carboxylic acids is 1. The highest BCUT2D eigenvalue weighted by Gasteiger charge is 2.21. The molecule has 0 fully saturated rings. The summed E-state index contributed by atoms with van der Waals surface area (Å²) in [5, 5.41) is 3.35. The Morgan fingerprint density at radius 2 is 2.11 bits per heavy atom. The summed E-state index contributed by atoms with van der Waals surface area (Å²) in [5.74, 6) is -0.378. The van der Waals surface area contributed by atoms with Gasteiger partial charge in [0.2, 0.25) is 0 Å². The second-order valence-electron chi connectivity index (χ2n) is 5.02. The number of anilines is 2. The van der Waals surface area contributed by atoms with E-state index < -0.39 is 0 Å². The number of benzene rings is 1. The maximum Gasteiger partial charge on any atom is 0.340 e. The molecule has 1 aromatic rings. The van der Waals surface area contributed by atoms with E-state index in [9.17, 15) is 4.79 Å². The molecule has 0 radical (unpaired) electrons. The third-order valence-electron chi connectivity index (χ3n) is 2.84. The van der Waals surface area contributed by atoms with E-state index in [2.05, 4.69) is 26.1 Å². The van der Waals surface area contributed by atoms with Gasteiger partial charge in [-0.1, -0.05) is 19.4 Å². The smallest absolute Gasteiger partial charge is 0.340 e. The lowest BCUT2D eigenvalue weighted by molar-refractivity contribution is 0.0602. The van der Waals surface area contributed by atoms with Crippen molar-refractivity contribution in [1.82, 2.24) is 0 Å². The number of hydrogen-bond donors (Lipinski definition) is 2. The first-order valence-corrected chi connectivity index (χ1v) is 6.16. The lowest BCUT2D eigenvalue weighted by Gasteiger charge is -2.29. The number of methoxy groups -OCH3 is 1. The Balaban J connectivity index is 3.10. The zero-order valence-corrected chi connectivity index (χ0v) is 11.5. The average Bonchev–Trinajstić information content (AvgIpc) is 2.30. The van der Waals surface area contributed by atoms with Gasteiger partial charge < -0.3 is 15.8 Å². The number of nitrogen functional groups attached to an aromatic ring is 1. The number of esters is 1. The molecule has 0 aliphatic rings. The lowest BCUT2D eigenvalue weighted by Crippen LogP contribution is -2.31. The van der Waals surface area contributed by atoms with Crippen LogP contribution in [0.15, 0.2) is 18.2 Å². The number of para-hydroxylation sites is 1. The summed E-state index contributed by atoms with van der Waals surface area (Å²) in [6, 6.07) is 5.24. The number of rotatable bonds is 5. The van der Waals surface area contributed by atoms with Crippen LogP contribution in [0.25, 0.3) is 0 Å². The summed E-state index contributed by atoms with van der Waals surface area (Å²) in [4.78, 5) is 11.7. The minimum absolute atomic E-state index is 0.118.